The number of rotatable bonds is 5. The number of nitro benzene ring substituents is 1. The van der Waals surface area contributed by atoms with Gasteiger partial charge in [0, 0.05) is 22.9 Å². The van der Waals surface area contributed by atoms with Gasteiger partial charge >= 0.3 is 0 Å². The molecule has 0 bridgehead atoms. The minimum absolute atomic E-state index is 0.0581. The molecule has 1 heterocycles. The van der Waals surface area contributed by atoms with E-state index in [1.54, 1.807) is 12.1 Å². The Balaban J connectivity index is 1.83. The van der Waals surface area contributed by atoms with Crippen LogP contribution >= 0.6 is 11.8 Å². The maximum absolute atomic E-state index is 10.9. The maximum atomic E-state index is 10.9. The van der Waals surface area contributed by atoms with E-state index in [4.69, 9.17) is 5.84 Å². The van der Waals surface area contributed by atoms with Crippen LogP contribution in [0.15, 0.2) is 53.7 Å². The Morgan fingerprint density at radius 3 is 2.60 bits per heavy atom. The highest BCUT2D eigenvalue weighted by molar-refractivity contribution is 7.99. The Bertz CT molecular complexity index is 908. The van der Waals surface area contributed by atoms with E-state index in [1.807, 2.05) is 44.2 Å². The van der Waals surface area contributed by atoms with E-state index in [0.29, 0.717) is 11.0 Å². The molecule has 0 saturated carbocycles. The summed E-state index contributed by atoms with van der Waals surface area (Å²) in [5.74, 6) is 6.72. The third-order valence-corrected chi connectivity index (χ3v) is 4.92. The van der Waals surface area contributed by atoms with Gasteiger partial charge in [-0.3, -0.25) is 10.1 Å². The van der Waals surface area contributed by atoms with Crippen molar-refractivity contribution < 1.29 is 4.92 Å². The summed E-state index contributed by atoms with van der Waals surface area (Å²) in [7, 11) is 0. The molecule has 3 rings (SSSR count). The molecule has 0 aliphatic carbocycles. The molecule has 0 spiro atoms. The number of hydrogen-bond acceptors (Lipinski definition) is 6. The SMILES string of the molecule is Cc1ccc(-c2nnc(SC(C)c3cccc([N+](=O)[O-])c3)n2N)cc1. The van der Waals surface area contributed by atoms with Crippen LogP contribution in [0.25, 0.3) is 11.4 Å². The van der Waals surface area contributed by atoms with Crippen molar-refractivity contribution in [2.45, 2.75) is 24.3 Å². The Kier molecular flexibility index (Phi) is 4.71. The Labute approximate surface area is 149 Å². The first-order valence-electron chi connectivity index (χ1n) is 7.64. The van der Waals surface area contributed by atoms with Gasteiger partial charge in [-0.1, -0.05) is 53.7 Å². The highest BCUT2D eigenvalue weighted by Crippen LogP contribution is 2.35. The van der Waals surface area contributed by atoms with E-state index in [1.165, 1.54) is 22.5 Å². The molecular formula is C17H17N5O2S. The number of benzene rings is 2. The number of thioether (sulfide) groups is 1. The topological polar surface area (TPSA) is 99.9 Å². The quantitative estimate of drug-likeness (QED) is 0.324. The lowest BCUT2D eigenvalue weighted by atomic mass is 10.1. The van der Waals surface area contributed by atoms with Crippen LogP contribution in [-0.4, -0.2) is 19.8 Å². The van der Waals surface area contributed by atoms with Crippen molar-refractivity contribution in [3.05, 3.63) is 69.8 Å². The van der Waals surface area contributed by atoms with Crippen molar-refractivity contribution in [2.75, 3.05) is 5.84 Å². The van der Waals surface area contributed by atoms with Gasteiger partial charge < -0.3 is 5.84 Å². The molecule has 0 aliphatic rings. The average molecular weight is 355 g/mol. The van der Waals surface area contributed by atoms with Gasteiger partial charge in [0.15, 0.2) is 5.82 Å². The molecule has 25 heavy (non-hydrogen) atoms. The molecule has 1 aromatic heterocycles. The van der Waals surface area contributed by atoms with Gasteiger partial charge in [0.05, 0.1) is 4.92 Å². The van der Waals surface area contributed by atoms with Crippen LogP contribution < -0.4 is 5.84 Å². The molecule has 0 fully saturated rings. The molecule has 0 amide bonds. The number of hydrogen-bond donors (Lipinski definition) is 1. The fourth-order valence-electron chi connectivity index (χ4n) is 2.37. The van der Waals surface area contributed by atoms with Crippen LogP contribution in [-0.2, 0) is 0 Å². The van der Waals surface area contributed by atoms with Gasteiger partial charge in [-0.2, -0.15) is 0 Å². The Morgan fingerprint density at radius 1 is 1.20 bits per heavy atom. The zero-order valence-corrected chi connectivity index (χ0v) is 14.6. The van der Waals surface area contributed by atoms with Gasteiger partial charge in [0.2, 0.25) is 5.16 Å². The highest BCUT2D eigenvalue weighted by Gasteiger charge is 2.17. The van der Waals surface area contributed by atoms with Crippen molar-refractivity contribution in [3.63, 3.8) is 0 Å². The van der Waals surface area contributed by atoms with E-state index >= 15 is 0 Å². The molecule has 0 radical (unpaired) electrons. The Hall–Kier alpha value is -2.87. The molecule has 8 heteroatoms. The number of non-ortho nitro benzene ring substituents is 1. The number of nitrogens with zero attached hydrogens (tertiary/aromatic N) is 4. The standard InChI is InChI=1S/C17H17N5O2S/c1-11-6-8-13(9-7-11)16-19-20-17(21(16)18)25-12(2)14-4-3-5-15(10-14)22(23)24/h3-10,12H,18H2,1-2H3. The zero-order valence-electron chi connectivity index (χ0n) is 13.8. The summed E-state index contributed by atoms with van der Waals surface area (Å²) in [4.78, 5) is 10.5. The summed E-state index contributed by atoms with van der Waals surface area (Å²) in [6.45, 7) is 3.96. The first kappa shape index (κ1) is 17.0. The number of aromatic nitrogens is 3. The normalized spacial score (nSPS) is 12.1. The average Bonchev–Trinajstić information content (AvgIpc) is 2.96. The summed E-state index contributed by atoms with van der Waals surface area (Å²) in [5, 5.41) is 19.7. The molecule has 1 atom stereocenters. The van der Waals surface area contributed by atoms with E-state index < -0.39 is 4.92 Å². The first-order valence-corrected chi connectivity index (χ1v) is 8.52. The van der Waals surface area contributed by atoms with Gasteiger partial charge in [0.1, 0.15) is 0 Å². The van der Waals surface area contributed by atoms with Crippen LogP contribution in [0.4, 0.5) is 5.69 Å². The predicted molar refractivity (Wildman–Crippen MR) is 97.7 cm³/mol. The van der Waals surface area contributed by atoms with Gasteiger partial charge in [-0.15, -0.1) is 10.2 Å². The molecule has 2 N–H and O–H groups in total. The number of nitrogens with two attached hydrogens (primary N) is 1. The van der Waals surface area contributed by atoms with Gasteiger partial charge in [-0.25, -0.2) is 4.68 Å². The first-order chi connectivity index (χ1) is 12.0. The van der Waals surface area contributed by atoms with Crippen LogP contribution in [0.1, 0.15) is 23.3 Å². The number of nitro groups is 1. The van der Waals surface area contributed by atoms with Crippen LogP contribution in [0.2, 0.25) is 0 Å². The van der Waals surface area contributed by atoms with Crippen LogP contribution in [0.3, 0.4) is 0 Å². The van der Waals surface area contributed by atoms with Crippen molar-refractivity contribution in [2.24, 2.45) is 0 Å². The van der Waals surface area contributed by atoms with Crippen molar-refractivity contribution in [3.8, 4) is 11.4 Å². The highest BCUT2D eigenvalue weighted by atomic mass is 32.2. The zero-order chi connectivity index (χ0) is 18.0. The van der Waals surface area contributed by atoms with Gasteiger partial charge in [-0.05, 0) is 19.4 Å². The fraction of sp³-hybridized carbons (Fsp3) is 0.176. The summed E-state index contributed by atoms with van der Waals surface area (Å²) in [5.41, 5.74) is 2.94. The van der Waals surface area contributed by atoms with Crippen molar-refractivity contribution in [1.29, 1.82) is 0 Å². The molecule has 128 valence electrons. The molecule has 2 aromatic carbocycles. The molecule has 0 saturated heterocycles. The molecule has 3 aromatic rings. The van der Waals surface area contributed by atoms with E-state index in [0.717, 1.165) is 16.7 Å². The monoisotopic (exact) mass is 355 g/mol. The van der Waals surface area contributed by atoms with Crippen LogP contribution in [0, 0.1) is 17.0 Å². The third kappa shape index (κ3) is 3.63. The van der Waals surface area contributed by atoms with E-state index in [2.05, 4.69) is 10.2 Å². The molecule has 0 aliphatic heterocycles. The lowest BCUT2D eigenvalue weighted by Gasteiger charge is -2.11. The molecule has 1 unspecified atom stereocenters. The van der Waals surface area contributed by atoms with Gasteiger partial charge in [0.25, 0.3) is 5.69 Å². The summed E-state index contributed by atoms with van der Waals surface area (Å²) in [6, 6.07) is 14.4. The second-order valence-electron chi connectivity index (χ2n) is 5.65. The van der Waals surface area contributed by atoms with E-state index in [9.17, 15) is 10.1 Å². The minimum atomic E-state index is -0.401. The summed E-state index contributed by atoms with van der Waals surface area (Å²) in [6.07, 6.45) is 0. The third-order valence-electron chi connectivity index (χ3n) is 3.81. The predicted octanol–water partition coefficient (Wildman–Crippen LogP) is 3.73. The number of aryl methyl sites for hydroxylation is 1. The lowest BCUT2D eigenvalue weighted by molar-refractivity contribution is -0.384. The van der Waals surface area contributed by atoms with Crippen molar-refractivity contribution in [1.82, 2.24) is 14.9 Å². The summed E-state index contributed by atoms with van der Waals surface area (Å²) < 4.78 is 1.45. The molecule has 7 nitrogen and oxygen atoms in total. The van der Waals surface area contributed by atoms with Crippen LogP contribution in [0.5, 0.6) is 0 Å². The van der Waals surface area contributed by atoms with E-state index in [-0.39, 0.29) is 10.9 Å². The second-order valence-corrected chi connectivity index (χ2v) is 6.96. The minimum Gasteiger partial charge on any atom is -0.335 e. The summed E-state index contributed by atoms with van der Waals surface area (Å²) >= 11 is 1.40. The largest absolute Gasteiger partial charge is 0.335 e. The maximum Gasteiger partial charge on any atom is 0.269 e. The fourth-order valence-corrected chi connectivity index (χ4v) is 3.26. The Morgan fingerprint density at radius 2 is 1.92 bits per heavy atom. The second kappa shape index (κ2) is 6.94. The smallest absolute Gasteiger partial charge is 0.269 e. The van der Waals surface area contributed by atoms with Crippen molar-refractivity contribution >= 4 is 17.4 Å². The molecular weight excluding hydrogens is 338 g/mol. The number of nitrogen functional groups attached to an aromatic ring is 1. The lowest BCUT2D eigenvalue weighted by Crippen LogP contribution is -2.12.